The summed E-state index contributed by atoms with van der Waals surface area (Å²) in [7, 11) is 19.4. The molecule has 7 heavy (non-hydrogen) atoms. The molecule has 0 unspecified atom stereocenters. The smallest absolute Gasteiger partial charge is 0.248 e. The molecule has 0 saturated heterocycles. The minimum atomic E-state index is -0.306. The molecule has 38 valence electrons. The van der Waals surface area contributed by atoms with E-state index in [1.165, 1.54) is 0 Å². The van der Waals surface area contributed by atoms with Crippen molar-refractivity contribution in [1.29, 1.82) is 0 Å². The molecule has 0 N–H and O–H groups in total. The lowest BCUT2D eigenvalue weighted by molar-refractivity contribution is 3.24. The van der Waals surface area contributed by atoms with Crippen LogP contribution in [0.15, 0.2) is 0 Å². The van der Waals surface area contributed by atoms with Crippen LogP contribution in [0.2, 0.25) is 0 Å². The molecule has 0 heterocycles. The van der Waals surface area contributed by atoms with Crippen LogP contribution in [0.5, 0.6) is 0 Å². The predicted molar refractivity (Wildman–Crippen MR) is 38.2 cm³/mol. The number of hydrogen-bond acceptors (Lipinski definition) is 0. The molecule has 0 rings (SSSR count). The third-order valence-corrected chi connectivity index (χ3v) is 0. The van der Waals surface area contributed by atoms with E-state index in [0.29, 0.717) is 0 Å². The Morgan fingerprint density at radius 1 is 0.714 bits per heavy atom. The normalized spacial score (nSPS) is 4.00. The fraction of sp³-hybridized carbons (Fsp3) is 0. The van der Waals surface area contributed by atoms with E-state index in [1.807, 2.05) is 0 Å². The first-order valence-corrected chi connectivity index (χ1v) is 7.86. The van der Waals surface area contributed by atoms with Gasteiger partial charge >= 0.3 is 26.8 Å². The molecule has 0 aliphatic heterocycles. The second kappa shape index (κ2) is 24.1. The van der Waals surface area contributed by atoms with Crippen molar-refractivity contribution in [2.75, 3.05) is 0 Å². The fourth-order valence-electron chi connectivity index (χ4n) is 0. The van der Waals surface area contributed by atoms with Gasteiger partial charge in [-0.2, -0.15) is 0 Å². The van der Waals surface area contributed by atoms with Crippen molar-refractivity contribution in [3.8, 4) is 0 Å². The lowest BCUT2D eigenvalue weighted by Crippen LogP contribution is -1.36. The lowest BCUT2D eigenvalue weighted by atomic mass is 12.0. The first kappa shape index (κ1) is 16.1. The molecule has 0 aromatic carbocycles. The summed E-state index contributed by atoms with van der Waals surface area (Å²) in [6.45, 7) is 0. The number of hydrogen-bond donors (Lipinski definition) is 0. The van der Waals surface area contributed by atoms with Crippen molar-refractivity contribution in [3.63, 3.8) is 0 Å². The third kappa shape index (κ3) is 64.4. The quantitative estimate of drug-likeness (QED) is 0.534. The van der Waals surface area contributed by atoms with Crippen LogP contribution in [0.3, 0.4) is 0 Å². The largest absolute Gasteiger partial charge is 0.495 e. The molecule has 0 nitrogen and oxygen atoms in total. The highest BCUT2D eigenvalue weighted by Gasteiger charge is 1.59. The monoisotopic (exact) mass is 206 g/mol. The van der Waals surface area contributed by atoms with Crippen LogP contribution in [-0.4, -0.2) is 26.8 Å². The molecule has 0 aromatic heterocycles. The van der Waals surface area contributed by atoms with Gasteiger partial charge in [0.1, 0.15) is 0 Å². The summed E-state index contributed by atoms with van der Waals surface area (Å²) in [6.07, 6.45) is 0. The van der Waals surface area contributed by atoms with Crippen LogP contribution < -0.4 is 0 Å². The zero-order chi connectivity index (χ0) is 5.41. The van der Waals surface area contributed by atoms with Crippen LogP contribution in [0.1, 0.15) is 0 Å². The van der Waals surface area contributed by atoms with Crippen LogP contribution in [0.4, 0.5) is 0 Å². The average Bonchev–Trinajstić information content (AvgIpc) is 1.39. The molecule has 0 atom stereocenters. The van der Waals surface area contributed by atoms with Gasteiger partial charge in [0.25, 0.3) is 0 Å². The zero-order valence-corrected chi connectivity index (χ0v) is 8.50. The maximum Gasteiger partial charge on any atom is 0.495 e. The van der Waals surface area contributed by atoms with Gasteiger partial charge in [0, 0.05) is 7.43 Å². The number of halogens is 4. The Hall–Kier alpha value is 2.22. The van der Waals surface area contributed by atoms with E-state index >= 15 is 0 Å². The third-order valence-electron chi connectivity index (χ3n) is 0. The van der Waals surface area contributed by atoms with Crippen molar-refractivity contribution in [2.45, 2.75) is 0 Å². The van der Waals surface area contributed by atoms with E-state index in [1.54, 1.807) is 0 Å². The molecule has 0 spiro atoms. The highest BCUT2D eigenvalue weighted by molar-refractivity contribution is 7.22. The van der Waals surface area contributed by atoms with Crippen LogP contribution in [0.25, 0.3) is 0 Å². The van der Waals surface area contributed by atoms with Gasteiger partial charge in [-0.3, -0.25) is 0 Å². The topological polar surface area (TPSA) is 0 Å². The van der Waals surface area contributed by atoms with Gasteiger partial charge in [0.15, 0.2) is 0 Å². The molecule has 0 bridgehead atoms. The molecule has 0 fully saturated rings. The standard InChI is InChI=1S/C.2Al.4ClH/h;;;4*1H/q;2*+2;;;;/p-4. The molecule has 6 heteroatoms. The average molecular weight is 208 g/mol. The molecule has 0 aliphatic carbocycles. The molecular weight excluding hydrogens is 208 g/mol. The van der Waals surface area contributed by atoms with Gasteiger partial charge in [-0.25, -0.2) is 40.2 Å². The summed E-state index contributed by atoms with van der Waals surface area (Å²) in [4.78, 5) is 0. The Kier molecular flexibility index (Phi) is 55.3. The first-order valence-electron chi connectivity index (χ1n) is 0.873. The fourth-order valence-corrected chi connectivity index (χ4v) is 0. The van der Waals surface area contributed by atoms with Crippen LogP contribution in [-0.2, 0) is 0 Å². The molecule has 0 aromatic rings. The van der Waals surface area contributed by atoms with Gasteiger partial charge in [-0.05, 0) is 0 Å². The minimum Gasteiger partial charge on any atom is -0.248 e. The molecule has 0 saturated carbocycles. The summed E-state index contributed by atoms with van der Waals surface area (Å²) in [5.41, 5.74) is 0. The van der Waals surface area contributed by atoms with Gasteiger partial charge in [-0.1, -0.05) is 0 Å². The Labute approximate surface area is 73.7 Å². The van der Waals surface area contributed by atoms with E-state index in [2.05, 4.69) is 0 Å². The van der Waals surface area contributed by atoms with E-state index in [-0.39, 0.29) is 34.2 Å². The zero-order valence-electron chi connectivity index (χ0n) is 3.17. The van der Waals surface area contributed by atoms with Crippen molar-refractivity contribution in [1.82, 2.24) is 0 Å². The summed E-state index contributed by atoms with van der Waals surface area (Å²) >= 11 is -0.611. The van der Waals surface area contributed by atoms with Crippen LogP contribution >= 0.6 is 40.2 Å². The SMILES string of the molecule is [C].[Cl][Al][Cl].[Cl][Al][Cl]. The maximum atomic E-state index is 4.85. The Morgan fingerprint density at radius 2 is 0.714 bits per heavy atom. The minimum absolute atomic E-state index is 0. The second-order valence-electron chi connectivity index (χ2n) is 0.165. The van der Waals surface area contributed by atoms with Crippen molar-refractivity contribution < 1.29 is 0 Å². The van der Waals surface area contributed by atoms with E-state index in [9.17, 15) is 0 Å². The highest BCUT2D eigenvalue weighted by Crippen LogP contribution is 1.67. The Bertz CT molecular complexity index is 11.7. The molecule has 0 aliphatic rings. The van der Waals surface area contributed by atoms with Gasteiger partial charge in [0.05, 0.1) is 0 Å². The summed E-state index contributed by atoms with van der Waals surface area (Å²) in [6, 6.07) is 0. The highest BCUT2D eigenvalue weighted by atomic mass is 35.7. The lowest BCUT2D eigenvalue weighted by Gasteiger charge is -1.34. The summed E-state index contributed by atoms with van der Waals surface area (Å²) in [5.74, 6) is 0. The van der Waals surface area contributed by atoms with Crippen molar-refractivity contribution >= 4 is 66.9 Å². The van der Waals surface area contributed by atoms with Crippen LogP contribution in [0, 0.1) is 7.43 Å². The van der Waals surface area contributed by atoms with Crippen molar-refractivity contribution in [3.05, 3.63) is 7.43 Å². The van der Waals surface area contributed by atoms with Crippen molar-refractivity contribution in [2.24, 2.45) is 0 Å². The Balaban J connectivity index is -0.0000000400. The van der Waals surface area contributed by atoms with E-state index in [4.69, 9.17) is 40.2 Å². The van der Waals surface area contributed by atoms with Gasteiger partial charge in [-0.15, -0.1) is 0 Å². The van der Waals surface area contributed by atoms with E-state index in [0.717, 1.165) is 0 Å². The first-order chi connectivity index (χ1) is 2.83. The molecular formula is CAl2Cl4. The number of rotatable bonds is 0. The second-order valence-corrected chi connectivity index (χ2v) is 4.45. The molecule has 0 amide bonds. The van der Waals surface area contributed by atoms with E-state index < -0.39 is 0 Å². The molecule has 6 radical (unpaired) electrons. The van der Waals surface area contributed by atoms with Gasteiger partial charge < -0.3 is 0 Å². The maximum absolute atomic E-state index is 4.85. The summed E-state index contributed by atoms with van der Waals surface area (Å²) < 4.78 is 0. The predicted octanol–water partition coefficient (Wildman–Crippen LogP) is 2.08. The Morgan fingerprint density at radius 3 is 0.714 bits per heavy atom. The summed E-state index contributed by atoms with van der Waals surface area (Å²) in [5, 5.41) is 0. The van der Waals surface area contributed by atoms with Gasteiger partial charge in [0.2, 0.25) is 0 Å².